The Labute approximate surface area is 105 Å². The zero-order chi connectivity index (χ0) is 12.7. The summed E-state index contributed by atoms with van der Waals surface area (Å²) in [6.45, 7) is 11.7. The van der Waals surface area contributed by atoms with Gasteiger partial charge in [0.15, 0.2) is 0 Å². The van der Waals surface area contributed by atoms with E-state index in [-0.39, 0.29) is 0 Å². The van der Waals surface area contributed by atoms with Gasteiger partial charge < -0.3 is 10.2 Å². The Morgan fingerprint density at radius 2 is 2.06 bits per heavy atom. The molecule has 1 aromatic rings. The predicted molar refractivity (Wildman–Crippen MR) is 74.5 cm³/mol. The van der Waals surface area contributed by atoms with Gasteiger partial charge in [0.25, 0.3) is 0 Å². The van der Waals surface area contributed by atoms with E-state index in [4.69, 9.17) is 0 Å². The second-order valence-electron chi connectivity index (χ2n) is 4.31. The lowest BCUT2D eigenvalue weighted by atomic mass is 10.1. The molecule has 1 atom stereocenters. The average Bonchev–Trinajstić information content (AvgIpc) is 2.36. The minimum absolute atomic E-state index is 0.378. The van der Waals surface area contributed by atoms with E-state index < -0.39 is 0 Å². The van der Waals surface area contributed by atoms with E-state index in [1.165, 1.54) is 5.56 Å². The molecule has 3 heteroatoms. The molecule has 0 aliphatic heterocycles. The largest absolute Gasteiger partial charge is 0.357 e. The molecule has 96 valence electrons. The Morgan fingerprint density at radius 1 is 1.29 bits per heavy atom. The SMILES string of the molecule is CCCN(CC)c1ccc(C(C)NCC)cn1. The van der Waals surface area contributed by atoms with Gasteiger partial charge in [-0.25, -0.2) is 4.98 Å². The van der Waals surface area contributed by atoms with Gasteiger partial charge in [-0.15, -0.1) is 0 Å². The summed E-state index contributed by atoms with van der Waals surface area (Å²) in [6.07, 6.45) is 3.14. The first-order valence-electron chi connectivity index (χ1n) is 6.67. The van der Waals surface area contributed by atoms with Crippen molar-refractivity contribution >= 4 is 5.82 Å². The summed E-state index contributed by atoms with van der Waals surface area (Å²) in [5.41, 5.74) is 1.25. The Kier molecular flexibility index (Phi) is 5.98. The molecule has 1 heterocycles. The highest BCUT2D eigenvalue weighted by Crippen LogP contribution is 2.16. The summed E-state index contributed by atoms with van der Waals surface area (Å²) in [6, 6.07) is 4.68. The van der Waals surface area contributed by atoms with Crippen LogP contribution in [0.3, 0.4) is 0 Å². The zero-order valence-corrected chi connectivity index (χ0v) is 11.5. The highest BCUT2D eigenvalue weighted by atomic mass is 15.2. The van der Waals surface area contributed by atoms with Gasteiger partial charge in [-0.05, 0) is 38.4 Å². The third-order valence-electron chi connectivity index (χ3n) is 2.98. The number of hydrogen-bond donors (Lipinski definition) is 1. The van der Waals surface area contributed by atoms with E-state index in [1.54, 1.807) is 0 Å². The Hall–Kier alpha value is -1.09. The minimum Gasteiger partial charge on any atom is -0.357 e. The van der Waals surface area contributed by atoms with Gasteiger partial charge >= 0.3 is 0 Å². The third-order valence-corrected chi connectivity index (χ3v) is 2.98. The minimum atomic E-state index is 0.378. The molecule has 0 amide bonds. The van der Waals surface area contributed by atoms with Crippen LogP contribution in [0.15, 0.2) is 18.3 Å². The van der Waals surface area contributed by atoms with Crippen molar-refractivity contribution < 1.29 is 0 Å². The molecule has 0 aromatic carbocycles. The van der Waals surface area contributed by atoms with Crippen LogP contribution < -0.4 is 10.2 Å². The maximum atomic E-state index is 4.56. The predicted octanol–water partition coefficient (Wildman–Crippen LogP) is 2.99. The molecule has 17 heavy (non-hydrogen) atoms. The van der Waals surface area contributed by atoms with Crippen molar-refractivity contribution in [1.82, 2.24) is 10.3 Å². The molecule has 0 aliphatic carbocycles. The van der Waals surface area contributed by atoms with Crippen LogP contribution in [0.25, 0.3) is 0 Å². The summed E-state index contributed by atoms with van der Waals surface area (Å²) < 4.78 is 0. The van der Waals surface area contributed by atoms with Gasteiger partial charge in [0.2, 0.25) is 0 Å². The number of nitrogens with zero attached hydrogens (tertiary/aromatic N) is 2. The summed E-state index contributed by atoms with van der Waals surface area (Å²) in [7, 11) is 0. The fraction of sp³-hybridized carbons (Fsp3) is 0.643. The molecule has 1 aromatic heterocycles. The average molecular weight is 235 g/mol. The molecule has 0 bridgehead atoms. The molecule has 1 N–H and O–H groups in total. The number of aromatic nitrogens is 1. The zero-order valence-electron chi connectivity index (χ0n) is 11.5. The van der Waals surface area contributed by atoms with E-state index in [9.17, 15) is 0 Å². The second kappa shape index (κ2) is 7.28. The van der Waals surface area contributed by atoms with E-state index in [2.05, 4.69) is 55.0 Å². The van der Waals surface area contributed by atoms with Crippen LogP contribution in [0.2, 0.25) is 0 Å². The molecule has 0 fully saturated rings. The first-order valence-corrected chi connectivity index (χ1v) is 6.67. The van der Waals surface area contributed by atoms with Gasteiger partial charge in [-0.3, -0.25) is 0 Å². The van der Waals surface area contributed by atoms with Crippen molar-refractivity contribution in [2.45, 2.75) is 40.2 Å². The lowest BCUT2D eigenvalue weighted by molar-refractivity contribution is 0.596. The summed E-state index contributed by atoms with van der Waals surface area (Å²) in [5, 5.41) is 3.40. The van der Waals surface area contributed by atoms with E-state index in [0.29, 0.717) is 6.04 Å². The molecular formula is C14H25N3. The van der Waals surface area contributed by atoms with Gasteiger partial charge in [0, 0.05) is 25.3 Å². The molecule has 3 nitrogen and oxygen atoms in total. The molecule has 0 aliphatic rings. The van der Waals surface area contributed by atoms with Crippen molar-refractivity contribution in [2.75, 3.05) is 24.5 Å². The lowest BCUT2D eigenvalue weighted by Gasteiger charge is -2.22. The Balaban J connectivity index is 2.72. The van der Waals surface area contributed by atoms with Crippen LogP contribution in [-0.4, -0.2) is 24.6 Å². The van der Waals surface area contributed by atoms with Crippen molar-refractivity contribution in [2.24, 2.45) is 0 Å². The smallest absolute Gasteiger partial charge is 0.128 e. The van der Waals surface area contributed by atoms with Crippen LogP contribution >= 0.6 is 0 Å². The van der Waals surface area contributed by atoms with Crippen LogP contribution in [0.1, 0.15) is 45.7 Å². The number of nitrogens with one attached hydrogen (secondary N) is 1. The summed E-state index contributed by atoms with van der Waals surface area (Å²) in [5.74, 6) is 1.08. The van der Waals surface area contributed by atoms with E-state index in [0.717, 1.165) is 31.9 Å². The highest BCUT2D eigenvalue weighted by Gasteiger charge is 2.07. The molecule has 0 saturated carbocycles. The van der Waals surface area contributed by atoms with Crippen molar-refractivity contribution in [3.8, 4) is 0 Å². The number of anilines is 1. The van der Waals surface area contributed by atoms with Crippen molar-refractivity contribution in [1.29, 1.82) is 0 Å². The van der Waals surface area contributed by atoms with Crippen molar-refractivity contribution in [3.63, 3.8) is 0 Å². The second-order valence-corrected chi connectivity index (χ2v) is 4.31. The lowest BCUT2D eigenvalue weighted by Crippen LogP contribution is -2.24. The maximum Gasteiger partial charge on any atom is 0.128 e. The van der Waals surface area contributed by atoms with Crippen LogP contribution in [0.5, 0.6) is 0 Å². The first-order chi connectivity index (χ1) is 8.22. The Morgan fingerprint density at radius 3 is 2.53 bits per heavy atom. The molecular weight excluding hydrogens is 210 g/mol. The molecule has 0 saturated heterocycles. The van der Waals surface area contributed by atoms with Crippen molar-refractivity contribution in [3.05, 3.63) is 23.9 Å². The van der Waals surface area contributed by atoms with Crippen LogP contribution in [0.4, 0.5) is 5.82 Å². The topological polar surface area (TPSA) is 28.2 Å². The molecule has 1 rings (SSSR count). The molecule has 0 radical (unpaired) electrons. The van der Waals surface area contributed by atoms with Gasteiger partial charge in [-0.1, -0.05) is 19.9 Å². The number of rotatable bonds is 7. The maximum absolute atomic E-state index is 4.56. The molecule has 1 unspecified atom stereocenters. The highest BCUT2D eigenvalue weighted by molar-refractivity contribution is 5.39. The van der Waals surface area contributed by atoms with Gasteiger partial charge in [0.05, 0.1) is 0 Å². The van der Waals surface area contributed by atoms with Gasteiger partial charge in [0.1, 0.15) is 5.82 Å². The Bertz CT molecular complexity index is 308. The normalized spacial score (nSPS) is 12.5. The van der Waals surface area contributed by atoms with E-state index in [1.807, 2.05) is 6.20 Å². The quantitative estimate of drug-likeness (QED) is 0.787. The third kappa shape index (κ3) is 4.00. The summed E-state index contributed by atoms with van der Waals surface area (Å²) in [4.78, 5) is 6.86. The molecule has 0 spiro atoms. The first kappa shape index (κ1) is 14.0. The number of hydrogen-bond acceptors (Lipinski definition) is 3. The van der Waals surface area contributed by atoms with E-state index >= 15 is 0 Å². The number of pyridine rings is 1. The van der Waals surface area contributed by atoms with Crippen LogP contribution in [-0.2, 0) is 0 Å². The van der Waals surface area contributed by atoms with Crippen LogP contribution in [0, 0.1) is 0 Å². The van der Waals surface area contributed by atoms with Gasteiger partial charge in [-0.2, -0.15) is 0 Å². The fourth-order valence-corrected chi connectivity index (χ4v) is 1.97. The fourth-order valence-electron chi connectivity index (χ4n) is 1.97. The monoisotopic (exact) mass is 235 g/mol. The standard InChI is InChI=1S/C14H25N3/c1-5-10-17(7-3)14-9-8-13(11-16-14)12(4)15-6-2/h8-9,11-12,15H,5-7,10H2,1-4H3. The summed E-state index contributed by atoms with van der Waals surface area (Å²) >= 11 is 0.